The highest BCUT2D eigenvalue weighted by Crippen LogP contribution is 2.38. The molecular formula is C11H9Cl2F3O. The number of hydrogen-bond acceptors (Lipinski definition) is 1. The highest BCUT2D eigenvalue weighted by atomic mass is 35.5. The summed E-state index contributed by atoms with van der Waals surface area (Å²) in [6, 6.07) is 8.21. The summed E-state index contributed by atoms with van der Waals surface area (Å²) in [5, 5.41) is 9.41. The Labute approximate surface area is 106 Å². The molecule has 94 valence electrons. The second-order valence-corrected chi connectivity index (χ2v) is 4.46. The molecule has 1 N–H and O–H groups in total. The van der Waals surface area contributed by atoms with Crippen molar-refractivity contribution in [3.8, 4) is 0 Å². The Balaban J connectivity index is 3.00. The third-order valence-electron chi connectivity index (χ3n) is 2.12. The molecule has 1 rings (SSSR count). The van der Waals surface area contributed by atoms with Crippen LogP contribution in [0, 0.1) is 0 Å². The Morgan fingerprint density at radius 1 is 1.12 bits per heavy atom. The maximum Gasteiger partial charge on any atom is 0.423 e. The molecule has 1 aromatic rings. The Hall–Kier alpha value is -0.710. The van der Waals surface area contributed by atoms with Crippen LogP contribution in [0.15, 0.2) is 36.4 Å². The Morgan fingerprint density at radius 2 is 1.65 bits per heavy atom. The topological polar surface area (TPSA) is 20.2 Å². The zero-order valence-electron chi connectivity index (χ0n) is 8.46. The monoisotopic (exact) mass is 284 g/mol. The van der Waals surface area contributed by atoms with Crippen molar-refractivity contribution in [2.24, 2.45) is 0 Å². The second kappa shape index (κ2) is 5.29. The van der Waals surface area contributed by atoms with Gasteiger partial charge in [-0.25, -0.2) is 0 Å². The summed E-state index contributed by atoms with van der Waals surface area (Å²) in [5.41, 5.74) is -2.75. The Morgan fingerprint density at radius 3 is 2.06 bits per heavy atom. The molecule has 0 heterocycles. The highest BCUT2D eigenvalue weighted by Gasteiger charge is 2.56. The van der Waals surface area contributed by atoms with Gasteiger partial charge >= 0.3 is 6.18 Å². The van der Waals surface area contributed by atoms with Gasteiger partial charge < -0.3 is 5.11 Å². The van der Waals surface area contributed by atoms with E-state index in [0.29, 0.717) is 11.6 Å². The lowest BCUT2D eigenvalue weighted by molar-refractivity contribution is -0.234. The van der Waals surface area contributed by atoms with Gasteiger partial charge in [0, 0.05) is 0 Å². The zero-order valence-corrected chi connectivity index (χ0v) is 9.97. The molecule has 1 unspecified atom stereocenters. The second-order valence-electron chi connectivity index (χ2n) is 3.37. The lowest BCUT2D eigenvalue weighted by Crippen LogP contribution is -2.48. The Bertz CT molecular complexity index is 389. The van der Waals surface area contributed by atoms with Gasteiger partial charge in [-0.3, -0.25) is 0 Å². The summed E-state index contributed by atoms with van der Waals surface area (Å²) >= 11 is 10.4. The van der Waals surface area contributed by atoms with Gasteiger partial charge in [0.05, 0.1) is 0 Å². The normalized spacial score (nSPS) is 16.4. The summed E-state index contributed by atoms with van der Waals surface area (Å²) in [6.07, 6.45) is -3.27. The summed E-state index contributed by atoms with van der Waals surface area (Å²) in [7, 11) is 0. The van der Waals surface area contributed by atoms with Crippen LogP contribution in [0.25, 0.3) is 6.08 Å². The quantitative estimate of drug-likeness (QED) is 0.837. The van der Waals surface area contributed by atoms with E-state index in [1.807, 2.05) is 0 Å². The molecule has 0 fully saturated rings. The fraction of sp³-hybridized carbons (Fsp3) is 0.273. The van der Waals surface area contributed by atoms with Crippen molar-refractivity contribution in [1.29, 1.82) is 0 Å². The van der Waals surface area contributed by atoms with E-state index in [2.05, 4.69) is 0 Å². The first-order chi connectivity index (χ1) is 7.77. The number of rotatable bonds is 3. The van der Waals surface area contributed by atoms with Crippen molar-refractivity contribution in [3.63, 3.8) is 0 Å². The summed E-state index contributed by atoms with van der Waals surface area (Å²) in [6.45, 7) is 0. The lowest BCUT2D eigenvalue weighted by Gasteiger charge is -2.28. The summed E-state index contributed by atoms with van der Waals surface area (Å²) in [4.78, 5) is -2.00. The molecule has 6 heteroatoms. The molecule has 0 radical (unpaired) electrons. The smallest absolute Gasteiger partial charge is 0.375 e. The average molecular weight is 285 g/mol. The molecule has 1 nitrogen and oxygen atoms in total. The molecule has 0 spiro atoms. The van der Waals surface area contributed by atoms with Gasteiger partial charge in [-0.15, -0.1) is 23.2 Å². The minimum absolute atomic E-state index is 0.504. The van der Waals surface area contributed by atoms with Crippen molar-refractivity contribution in [3.05, 3.63) is 42.0 Å². The standard InChI is InChI=1S/C11H9Cl2F3O/c12-9(13)10(17,11(14,15)16)7-6-8-4-2-1-3-5-8/h1-7,9,17H. The van der Waals surface area contributed by atoms with Crippen LogP contribution in [0.2, 0.25) is 0 Å². The molecule has 0 saturated heterocycles. The maximum absolute atomic E-state index is 12.6. The molecule has 0 amide bonds. The average Bonchev–Trinajstić information content (AvgIpc) is 2.25. The van der Waals surface area contributed by atoms with Crippen molar-refractivity contribution in [1.82, 2.24) is 0 Å². The van der Waals surface area contributed by atoms with E-state index in [1.54, 1.807) is 30.3 Å². The van der Waals surface area contributed by atoms with E-state index < -0.39 is 16.6 Å². The van der Waals surface area contributed by atoms with Crippen LogP contribution in [0.4, 0.5) is 13.2 Å². The fourth-order valence-electron chi connectivity index (χ4n) is 1.08. The third-order valence-corrected chi connectivity index (χ3v) is 2.78. The van der Waals surface area contributed by atoms with Crippen molar-refractivity contribution in [2.75, 3.05) is 0 Å². The maximum atomic E-state index is 12.6. The number of halogens is 5. The number of aliphatic hydroxyl groups is 1. The first-order valence-electron chi connectivity index (χ1n) is 4.59. The van der Waals surface area contributed by atoms with Crippen LogP contribution in [0.1, 0.15) is 5.56 Å². The van der Waals surface area contributed by atoms with E-state index in [9.17, 15) is 18.3 Å². The molecule has 17 heavy (non-hydrogen) atoms. The largest absolute Gasteiger partial charge is 0.423 e. The van der Waals surface area contributed by atoms with Gasteiger partial charge in [-0.05, 0) is 11.6 Å². The highest BCUT2D eigenvalue weighted by molar-refractivity contribution is 6.45. The van der Waals surface area contributed by atoms with Gasteiger partial charge in [0.1, 0.15) is 4.84 Å². The van der Waals surface area contributed by atoms with Gasteiger partial charge in [-0.2, -0.15) is 13.2 Å². The van der Waals surface area contributed by atoms with Gasteiger partial charge in [-0.1, -0.05) is 36.4 Å². The summed E-state index contributed by atoms with van der Waals surface area (Å²) in [5.74, 6) is 0. The first-order valence-corrected chi connectivity index (χ1v) is 5.46. The van der Waals surface area contributed by atoms with Crippen molar-refractivity contribution in [2.45, 2.75) is 16.6 Å². The minimum atomic E-state index is -4.94. The molecule has 0 aliphatic heterocycles. The molecule has 0 saturated carbocycles. The van der Waals surface area contributed by atoms with E-state index in [-0.39, 0.29) is 0 Å². The number of alkyl halides is 5. The molecule has 0 bridgehead atoms. The molecule has 0 aliphatic carbocycles. The van der Waals surface area contributed by atoms with Gasteiger partial charge in [0.2, 0.25) is 5.60 Å². The van der Waals surface area contributed by atoms with E-state index in [1.165, 1.54) is 0 Å². The zero-order chi connectivity index (χ0) is 13.1. The molecule has 0 aliphatic rings. The Kier molecular flexibility index (Phi) is 4.47. The van der Waals surface area contributed by atoms with E-state index in [0.717, 1.165) is 6.08 Å². The van der Waals surface area contributed by atoms with E-state index >= 15 is 0 Å². The van der Waals surface area contributed by atoms with Crippen molar-refractivity contribution >= 4 is 29.3 Å². The lowest BCUT2D eigenvalue weighted by atomic mass is 10.0. The van der Waals surface area contributed by atoms with Crippen LogP contribution in [-0.2, 0) is 0 Å². The molecule has 0 aromatic heterocycles. The molecule has 1 aromatic carbocycles. The first kappa shape index (κ1) is 14.4. The van der Waals surface area contributed by atoms with Gasteiger partial charge in [0.25, 0.3) is 0 Å². The third kappa shape index (κ3) is 3.37. The molecular weight excluding hydrogens is 276 g/mol. The summed E-state index contributed by atoms with van der Waals surface area (Å²) < 4.78 is 37.8. The molecule has 1 atom stereocenters. The SMILES string of the molecule is OC(C=Cc1ccccc1)(C(Cl)Cl)C(F)(F)F. The number of hydrogen-bond donors (Lipinski definition) is 1. The van der Waals surface area contributed by atoms with Crippen LogP contribution in [-0.4, -0.2) is 21.7 Å². The van der Waals surface area contributed by atoms with Crippen LogP contribution in [0.5, 0.6) is 0 Å². The van der Waals surface area contributed by atoms with Crippen LogP contribution < -0.4 is 0 Å². The van der Waals surface area contributed by atoms with E-state index in [4.69, 9.17) is 23.2 Å². The predicted octanol–water partition coefficient (Wildman–Crippen LogP) is 3.80. The predicted molar refractivity (Wildman–Crippen MR) is 62.0 cm³/mol. The van der Waals surface area contributed by atoms with Gasteiger partial charge in [0.15, 0.2) is 0 Å². The fourth-order valence-corrected chi connectivity index (χ4v) is 1.47. The number of benzene rings is 1. The van der Waals surface area contributed by atoms with Crippen LogP contribution >= 0.6 is 23.2 Å². The van der Waals surface area contributed by atoms with Crippen molar-refractivity contribution < 1.29 is 18.3 Å². The van der Waals surface area contributed by atoms with Crippen LogP contribution in [0.3, 0.4) is 0 Å². The minimum Gasteiger partial charge on any atom is -0.375 e.